The normalized spacial score (nSPS) is 30.8. The van der Waals surface area contributed by atoms with E-state index in [1.54, 1.807) is 27.7 Å². The van der Waals surface area contributed by atoms with Crippen molar-refractivity contribution >= 4 is 25.6 Å². The number of hydrogen-bond acceptors (Lipinski definition) is 11. The molecule has 0 saturated carbocycles. The molecule has 6 N–H and O–H groups in total. The fourth-order valence-electron chi connectivity index (χ4n) is 3.64. The number of aliphatic hydroxyl groups is 3. The van der Waals surface area contributed by atoms with Gasteiger partial charge in [-0.1, -0.05) is 0 Å². The number of urea groups is 1. The topological polar surface area (TPSA) is 205 Å². The highest BCUT2D eigenvalue weighted by molar-refractivity contribution is 7.54. The predicted octanol–water partition coefficient (Wildman–Crippen LogP) is -0.0382. The second kappa shape index (κ2) is 12.6. The quantitative estimate of drug-likeness (QED) is 0.132. The van der Waals surface area contributed by atoms with Gasteiger partial charge >= 0.3 is 25.6 Å². The molecular formula is C22H38FN4O11P. The highest BCUT2D eigenvalue weighted by atomic mass is 31.2. The molecule has 0 bridgehead atoms. The molecule has 0 aliphatic carbocycles. The van der Waals surface area contributed by atoms with Gasteiger partial charge in [-0.05, 0) is 54.5 Å². The molecule has 17 heteroatoms. The standard InChI is InChI=1S/C22H38FN4O11P/c1-11(2)36-16(29)13(5)25-39(34,26-14(6)17(30)37-12(3)4)35-10-22(23)18(31)21(7,33)19(38-22)27-9-8-15(28)24-20(27)32/h8-9,11-15,18-19,28,31,33H,10H2,1-7H3,(H,24,32)(H2,25,26,34)/t13-,14-,15?,18-,19+,21+,22+/m0/s1. The summed E-state index contributed by atoms with van der Waals surface area (Å²) in [5.74, 6) is -4.89. The minimum Gasteiger partial charge on any atom is -0.462 e. The van der Waals surface area contributed by atoms with Crippen LogP contribution in [0.2, 0.25) is 0 Å². The molecule has 2 rings (SSSR count). The van der Waals surface area contributed by atoms with Gasteiger partial charge in [-0.2, -0.15) is 0 Å². The lowest BCUT2D eigenvalue weighted by atomic mass is 9.95. The minimum absolute atomic E-state index is 0.507. The van der Waals surface area contributed by atoms with Gasteiger partial charge in [-0.15, -0.1) is 0 Å². The first-order valence-electron chi connectivity index (χ1n) is 12.2. The lowest BCUT2D eigenvalue weighted by molar-refractivity contribution is -0.204. The molecule has 1 saturated heterocycles. The van der Waals surface area contributed by atoms with Crippen molar-refractivity contribution in [1.82, 2.24) is 20.4 Å². The molecule has 15 nitrogen and oxygen atoms in total. The van der Waals surface area contributed by atoms with Gasteiger partial charge in [0, 0.05) is 6.20 Å². The van der Waals surface area contributed by atoms with E-state index in [4.69, 9.17) is 18.7 Å². The van der Waals surface area contributed by atoms with Crippen molar-refractivity contribution in [3.8, 4) is 0 Å². The van der Waals surface area contributed by atoms with Crippen molar-refractivity contribution in [2.45, 2.75) is 103 Å². The van der Waals surface area contributed by atoms with Gasteiger partial charge in [0.2, 0.25) is 0 Å². The van der Waals surface area contributed by atoms with Gasteiger partial charge in [0.1, 0.15) is 36.6 Å². The summed E-state index contributed by atoms with van der Waals surface area (Å²) in [5.41, 5.74) is -2.41. The number of amides is 2. The average molecular weight is 585 g/mol. The highest BCUT2D eigenvalue weighted by Crippen LogP contribution is 2.46. The first kappa shape index (κ1) is 33.0. The minimum atomic E-state index is -4.52. The van der Waals surface area contributed by atoms with Gasteiger partial charge in [0.05, 0.1) is 12.2 Å². The maximum absolute atomic E-state index is 15.9. The lowest BCUT2D eigenvalue weighted by Gasteiger charge is -2.35. The Bertz CT molecular complexity index is 963. The van der Waals surface area contributed by atoms with Crippen LogP contribution in [0.15, 0.2) is 12.3 Å². The second-order valence-electron chi connectivity index (χ2n) is 10.0. The van der Waals surface area contributed by atoms with Gasteiger partial charge < -0.3 is 34.8 Å². The first-order valence-corrected chi connectivity index (χ1v) is 13.9. The van der Waals surface area contributed by atoms with E-state index in [0.717, 1.165) is 19.2 Å². The molecule has 7 atom stereocenters. The van der Waals surface area contributed by atoms with Crippen LogP contribution >= 0.6 is 7.67 Å². The lowest BCUT2D eigenvalue weighted by Crippen LogP contribution is -2.57. The fraction of sp³-hybridized carbons (Fsp3) is 0.773. The van der Waals surface area contributed by atoms with Crippen LogP contribution in [0, 0.1) is 0 Å². The summed E-state index contributed by atoms with van der Waals surface area (Å²) in [5, 5.41) is 37.8. The number of carbonyl (C=O) groups excluding carboxylic acids is 3. The molecule has 0 aromatic carbocycles. The summed E-state index contributed by atoms with van der Waals surface area (Å²) in [6.07, 6.45) is -4.34. The molecule has 39 heavy (non-hydrogen) atoms. The monoisotopic (exact) mass is 584 g/mol. The maximum Gasteiger partial charge on any atom is 0.342 e. The van der Waals surface area contributed by atoms with Gasteiger partial charge in [0.25, 0.3) is 5.85 Å². The molecular weight excluding hydrogens is 546 g/mol. The van der Waals surface area contributed by atoms with Crippen molar-refractivity contribution < 1.29 is 57.4 Å². The Morgan fingerprint density at radius 2 is 1.62 bits per heavy atom. The molecule has 2 amide bonds. The van der Waals surface area contributed by atoms with Crippen LogP contribution in [0.5, 0.6) is 0 Å². The summed E-state index contributed by atoms with van der Waals surface area (Å²) >= 11 is 0. The Labute approximate surface area is 225 Å². The van der Waals surface area contributed by atoms with E-state index < -0.39 is 86.6 Å². The van der Waals surface area contributed by atoms with E-state index in [1.807, 2.05) is 0 Å². The fourth-order valence-corrected chi connectivity index (χ4v) is 5.45. The van der Waals surface area contributed by atoms with Crippen LogP contribution in [-0.2, 0) is 32.9 Å². The summed E-state index contributed by atoms with van der Waals surface area (Å²) in [6, 6.07) is -3.50. The van der Waals surface area contributed by atoms with Crippen LogP contribution < -0.4 is 15.5 Å². The van der Waals surface area contributed by atoms with Crippen molar-refractivity contribution in [2.75, 3.05) is 6.61 Å². The van der Waals surface area contributed by atoms with E-state index in [9.17, 15) is 34.3 Å². The number of nitrogens with zero attached hydrogens (tertiary/aromatic N) is 1. The molecule has 1 fully saturated rings. The largest absolute Gasteiger partial charge is 0.462 e. The average Bonchev–Trinajstić information content (AvgIpc) is 2.97. The van der Waals surface area contributed by atoms with Gasteiger partial charge in [0.15, 0.2) is 6.23 Å². The first-order chi connectivity index (χ1) is 17.8. The zero-order valence-electron chi connectivity index (χ0n) is 22.8. The van der Waals surface area contributed by atoms with E-state index in [-0.39, 0.29) is 0 Å². The third-order valence-corrected chi connectivity index (χ3v) is 7.49. The molecule has 1 unspecified atom stereocenters. The molecule has 2 aliphatic heterocycles. The SMILES string of the molecule is CC(C)OC(=O)[C@H](C)NP(=O)(N[C@@H](C)C(=O)OC(C)C)OC[C@@]1(F)O[C@@H](N2C=CC(O)NC2=O)[C@](C)(O)[C@@H]1O. The predicted molar refractivity (Wildman–Crippen MR) is 132 cm³/mol. The number of aliphatic hydroxyl groups excluding tert-OH is 2. The van der Waals surface area contributed by atoms with Gasteiger partial charge in [-0.3, -0.25) is 23.6 Å². The van der Waals surface area contributed by atoms with E-state index in [2.05, 4.69) is 15.5 Å². The molecule has 0 aromatic heterocycles. The summed E-state index contributed by atoms with van der Waals surface area (Å²) in [7, 11) is -4.52. The zero-order chi connectivity index (χ0) is 29.9. The highest BCUT2D eigenvalue weighted by Gasteiger charge is 2.65. The number of esters is 2. The van der Waals surface area contributed by atoms with Crippen LogP contribution in [0.1, 0.15) is 48.5 Å². The third-order valence-electron chi connectivity index (χ3n) is 5.54. The molecule has 2 heterocycles. The molecule has 2 aliphatic rings. The Hall–Kier alpha value is -2.17. The van der Waals surface area contributed by atoms with E-state index in [1.165, 1.54) is 13.8 Å². The molecule has 224 valence electrons. The Morgan fingerprint density at radius 3 is 2.05 bits per heavy atom. The number of hydrogen-bond donors (Lipinski definition) is 6. The number of ether oxygens (including phenoxy) is 3. The number of nitrogens with one attached hydrogen (secondary N) is 3. The second-order valence-corrected chi connectivity index (χ2v) is 11.9. The third kappa shape index (κ3) is 8.17. The zero-order valence-corrected chi connectivity index (χ0v) is 23.7. The van der Waals surface area contributed by atoms with Crippen molar-refractivity contribution in [3.63, 3.8) is 0 Å². The number of rotatable bonds is 12. The Balaban J connectivity index is 2.28. The molecule has 0 spiro atoms. The number of carbonyl (C=O) groups is 3. The van der Waals surface area contributed by atoms with Crippen molar-refractivity contribution in [1.29, 1.82) is 0 Å². The summed E-state index contributed by atoms with van der Waals surface area (Å²) < 4.78 is 50.3. The van der Waals surface area contributed by atoms with Crippen LogP contribution in [0.4, 0.5) is 9.18 Å². The van der Waals surface area contributed by atoms with E-state index in [0.29, 0.717) is 4.90 Å². The Kier molecular flexibility index (Phi) is 10.6. The summed E-state index contributed by atoms with van der Waals surface area (Å²) in [4.78, 5) is 37.6. The molecule has 0 radical (unpaired) electrons. The van der Waals surface area contributed by atoms with Gasteiger partial charge in [-0.25, -0.2) is 19.4 Å². The van der Waals surface area contributed by atoms with Crippen LogP contribution in [0.25, 0.3) is 0 Å². The smallest absolute Gasteiger partial charge is 0.342 e. The Morgan fingerprint density at radius 1 is 1.13 bits per heavy atom. The number of halogens is 1. The number of alkyl halides is 1. The van der Waals surface area contributed by atoms with Crippen LogP contribution in [-0.4, -0.2) is 99.1 Å². The van der Waals surface area contributed by atoms with Crippen molar-refractivity contribution in [3.05, 3.63) is 12.3 Å². The summed E-state index contributed by atoms with van der Waals surface area (Å²) in [6.45, 7) is 8.66. The van der Waals surface area contributed by atoms with Crippen molar-refractivity contribution in [2.24, 2.45) is 0 Å². The van der Waals surface area contributed by atoms with Crippen LogP contribution in [0.3, 0.4) is 0 Å². The van der Waals surface area contributed by atoms with E-state index >= 15 is 4.39 Å². The maximum atomic E-state index is 15.9. The molecule has 0 aromatic rings.